The highest BCUT2D eigenvalue weighted by atomic mass is 19.2. The first-order valence-corrected chi connectivity index (χ1v) is 5.20. The zero-order chi connectivity index (χ0) is 11.7. The molecule has 3 N–H and O–H groups in total. The molecule has 16 heavy (non-hydrogen) atoms. The molecule has 1 aliphatic rings. The maximum Gasteiger partial charge on any atom is 0.194 e. The van der Waals surface area contributed by atoms with Gasteiger partial charge in [0.05, 0.1) is 0 Å². The molecule has 0 unspecified atom stereocenters. The molecule has 0 saturated carbocycles. The number of rotatable bonds is 1. The molecule has 1 aromatic carbocycles. The predicted octanol–water partition coefficient (Wildman–Crippen LogP) is 1.51. The fraction of sp³-hybridized carbons (Fsp3) is 0.455. The number of halogens is 3. The maximum atomic E-state index is 13.1. The Balaban J connectivity index is 2.32. The largest absolute Gasteiger partial charge is 0.326 e. The van der Waals surface area contributed by atoms with E-state index in [2.05, 4.69) is 5.32 Å². The molecule has 1 heterocycles. The summed E-state index contributed by atoms with van der Waals surface area (Å²) < 4.78 is 38.9. The number of hydrogen-bond donors (Lipinski definition) is 2. The molecule has 1 aromatic rings. The average Bonchev–Trinajstić information content (AvgIpc) is 2.26. The zero-order valence-corrected chi connectivity index (χ0v) is 8.64. The van der Waals surface area contributed by atoms with Crippen LogP contribution < -0.4 is 11.1 Å². The van der Waals surface area contributed by atoms with Crippen molar-refractivity contribution in [2.24, 2.45) is 5.73 Å². The van der Waals surface area contributed by atoms with E-state index in [0.717, 1.165) is 18.7 Å². The van der Waals surface area contributed by atoms with Crippen LogP contribution in [0.4, 0.5) is 13.2 Å². The quantitative estimate of drug-likeness (QED) is 0.718. The van der Waals surface area contributed by atoms with Crippen molar-refractivity contribution in [2.75, 3.05) is 13.1 Å². The number of piperidine rings is 1. The van der Waals surface area contributed by atoms with Crippen LogP contribution in [0.15, 0.2) is 12.1 Å². The molecule has 0 amide bonds. The summed E-state index contributed by atoms with van der Waals surface area (Å²) in [5, 5.41) is 3.09. The average molecular weight is 230 g/mol. The van der Waals surface area contributed by atoms with Gasteiger partial charge >= 0.3 is 0 Å². The Labute approximate surface area is 91.6 Å². The van der Waals surface area contributed by atoms with Gasteiger partial charge < -0.3 is 11.1 Å². The highest BCUT2D eigenvalue weighted by Gasteiger charge is 2.25. The van der Waals surface area contributed by atoms with E-state index in [-0.39, 0.29) is 12.0 Å². The van der Waals surface area contributed by atoms with E-state index in [1.807, 2.05) is 0 Å². The molecule has 0 aromatic heterocycles. The Morgan fingerprint density at radius 2 is 1.81 bits per heavy atom. The number of nitrogens with one attached hydrogen (secondary N) is 1. The van der Waals surface area contributed by atoms with Crippen LogP contribution in [0.3, 0.4) is 0 Å². The van der Waals surface area contributed by atoms with Gasteiger partial charge in [-0.3, -0.25) is 0 Å². The Morgan fingerprint density at radius 3 is 2.38 bits per heavy atom. The van der Waals surface area contributed by atoms with E-state index >= 15 is 0 Å². The summed E-state index contributed by atoms with van der Waals surface area (Å²) in [5.74, 6) is -3.85. The molecule has 1 fully saturated rings. The second kappa shape index (κ2) is 4.43. The van der Waals surface area contributed by atoms with Gasteiger partial charge in [-0.25, -0.2) is 13.2 Å². The number of benzene rings is 1. The van der Waals surface area contributed by atoms with Crippen LogP contribution in [-0.2, 0) is 0 Å². The van der Waals surface area contributed by atoms with Crippen LogP contribution in [0.5, 0.6) is 0 Å². The van der Waals surface area contributed by atoms with Crippen LogP contribution in [0.25, 0.3) is 0 Å². The minimum absolute atomic E-state index is 0.120. The standard InChI is InChI=1S/C11H13F3N2/c12-8-3-6(4-9(13)11(8)14)7-1-2-16-5-10(7)15/h3-4,7,10,16H,1-2,5,15H2/t7-,10+/m0/s1. The SMILES string of the molecule is N[C@@H]1CNCC[C@H]1c1cc(F)c(F)c(F)c1. The van der Waals surface area contributed by atoms with E-state index in [1.165, 1.54) is 0 Å². The van der Waals surface area contributed by atoms with Gasteiger partial charge in [0.15, 0.2) is 17.5 Å². The van der Waals surface area contributed by atoms with E-state index in [0.29, 0.717) is 18.5 Å². The highest BCUT2D eigenvalue weighted by molar-refractivity contribution is 5.25. The van der Waals surface area contributed by atoms with Gasteiger partial charge in [-0.05, 0) is 30.7 Å². The lowest BCUT2D eigenvalue weighted by molar-refractivity contribution is 0.394. The van der Waals surface area contributed by atoms with Crippen molar-refractivity contribution in [2.45, 2.75) is 18.4 Å². The van der Waals surface area contributed by atoms with Gasteiger partial charge in [-0.15, -0.1) is 0 Å². The molecule has 5 heteroatoms. The molecule has 0 aliphatic carbocycles. The number of nitrogens with two attached hydrogens (primary N) is 1. The second-order valence-corrected chi connectivity index (χ2v) is 4.06. The van der Waals surface area contributed by atoms with Gasteiger partial charge in [-0.2, -0.15) is 0 Å². The first-order chi connectivity index (χ1) is 7.59. The number of hydrogen-bond acceptors (Lipinski definition) is 2. The summed E-state index contributed by atoms with van der Waals surface area (Å²) in [6, 6.07) is 1.88. The lowest BCUT2D eigenvalue weighted by Crippen LogP contribution is -2.44. The smallest absolute Gasteiger partial charge is 0.194 e. The summed E-state index contributed by atoms with van der Waals surface area (Å²) in [6.45, 7) is 1.35. The summed E-state index contributed by atoms with van der Waals surface area (Å²) in [4.78, 5) is 0. The molecule has 0 bridgehead atoms. The van der Waals surface area contributed by atoms with Crippen molar-refractivity contribution in [1.29, 1.82) is 0 Å². The summed E-state index contributed by atoms with van der Waals surface area (Å²) in [5.41, 5.74) is 6.28. The van der Waals surface area contributed by atoms with Crippen LogP contribution in [-0.4, -0.2) is 19.1 Å². The van der Waals surface area contributed by atoms with Crippen molar-refractivity contribution in [3.8, 4) is 0 Å². The fourth-order valence-electron chi connectivity index (χ4n) is 2.09. The molecule has 0 spiro atoms. The Hall–Kier alpha value is -1.07. The molecular weight excluding hydrogens is 217 g/mol. The Morgan fingerprint density at radius 1 is 1.19 bits per heavy atom. The fourth-order valence-corrected chi connectivity index (χ4v) is 2.09. The molecule has 88 valence electrons. The van der Waals surface area contributed by atoms with Crippen molar-refractivity contribution >= 4 is 0 Å². The van der Waals surface area contributed by atoms with Crippen LogP contribution in [0.2, 0.25) is 0 Å². The summed E-state index contributed by atoms with van der Waals surface area (Å²) >= 11 is 0. The zero-order valence-electron chi connectivity index (χ0n) is 8.64. The normalized spacial score (nSPS) is 25.8. The van der Waals surface area contributed by atoms with Gasteiger partial charge in [0.1, 0.15) is 0 Å². The third-order valence-electron chi connectivity index (χ3n) is 2.96. The topological polar surface area (TPSA) is 38.0 Å². The third-order valence-corrected chi connectivity index (χ3v) is 2.96. The van der Waals surface area contributed by atoms with Crippen molar-refractivity contribution < 1.29 is 13.2 Å². The first kappa shape index (κ1) is 11.4. The summed E-state index contributed by atoms with van der Waals surface area (Å²) in [6.07, 6.45) is 0.700. The predicted molar refractivity (Wildman–Crippen MR) is 54.5 cm³/mol. The van der Waals surface area contributed by atoms with Gasteiger partial charge in [0, 0.05) is 18.5 Å². The van der Waals surface area contributed by atoms with Crippen LogP contribution >= 0.6 is 0 Å². The molecule has 1 aliphatic heterocycles. The lowest BCUT2D eigenvalue weighted by Gasteiger charge is -2.29. The van der Waals surface area contributed by atoms with Gasteiger partial charge in [0.25, 0.3) is 0 Å². The Kier molecular flexibility index (Phi) is 3.16. The Bertz CT molecular complexity index is 372. The third kappa shape index (κ3) is 2.05. The monoisotopic (exact) mass is 230 g/mol. The van der Waals surface area contributed by atoms with E-state index in [1.54, 1.807) is 0 Å². The minimum Gasteiger partial charge on any atom is -0.326 e. The van der Waals surface area contributed by atoms with Crippen LogP contribution in [0, 0.1) is 17.5 Å². The maximum absolute atomic E-state index is 13.1. The molecule has 2 rings (SSSR count). The molecule has 1 saturated heterocycles. The summed E-state index contributed by atoms with van der Waals surface area (Å²) in [7, 11) is 0. The van der Waals surface area contributed by atoms with Crippen molar-refractivity contribution in [1.82, 2.24) is 5.32 Å². The lowest BCUT2D eigenvalue weighted by atomic mass is 9.86. The van der Waals surface area contributed by atoms with Gasteiger partial charge in [0.2, 0.25) is 0 Å². The van der Waals surface area contributed by atoms with Crippen molar-refractivity contribution in [3.05, 3.63) is 35.1 Å². The first-order valence-electron chi connectivity index (χ1n) is 5.20. The van der Waals surface area contributed by atoms with Crippen molar-refractivity contribution in [3.63, 3.8) is 0 Å². The van der Waals surface area contributed by atoms with E-state index in [4.69, 9.17) is 5.73 Å². The minimum atomic E-state index is -1.42. The van der Waals surface area contributed by atoms with E-state index < -0.39 is 17.5 Å². The van der Waals surface area contributed by atoms with Gasteiger partial charge in [-0.1, -0.05) is 0 Å². The molecule has 2 atom stereocenters. The molecule has 2 nitrogen and oxygen atoms in total. The molecule has 0 radical (unpaired) electrons. The molecular formula is C11H13F3N2. The van der Waals surface area contributed by atoms with E-state index in [9.17, 15) is 13.2 Å². The van der Waals surface area contributed by atoms with Crippen LogP contribution in [0.1, 0.15) is 17.9 Å². The second-order valence-electron chi connectivity index (χ2n) is 4.06. The highest BCUT2D eigenvalue weighted by Crippen LogP contribution is 2.27.